The first kappa shape index (κ1) is 77.2. The van der Waals surface area contributed by atoms with Crippen molar-refractivity contribution in [2.24, 2.45) is 0 Å². The first-order chi connectivity index (χ1) is 63.9. The Labute approximate surface area is 756 Å². The molecule has 4 heteroatoms. The van der Waals surface area contributed by atoms with Crippen LogP contribution in [0.25, 0.3) is 187 Å². The van der Waals surface area contributed by atoms with Gasteiger partial charge in [0.1, 0.15) is 22.3 Å². The fourth-order valence-electron chi connectivity index (χ4n) is 20.7. The fourth-order valence-corrected chi connectivity index (χ4v) is 20.7. The molecule has 21 aromatic carbocycles. The Hall–Kier alpha value is -16.4. The van der Waals surface area contributed by atoms with Crippen molar-refractivity contribution in [2.45, 2.75) is 38.5 Å². The molecule has 614 valence electrons. The number of fused-ring (bicyclic) bond motifs is 15. The van der Waals surface area contributed by atoms with Crippen LogP contribution in [0, 0.1) is 0 Å². The van der Waals surface area contributed by atoms with Gasteiger partial charge in [0.05, 0.1) is 5.69 Å². The molecular formula is C126H88N2O2. The second-order valence-corrected chi connectivity index (χ2v) is 35.8. The molecule has 0 spiro atoms. The SMILES string of the molecule is CC1(C)c2cc(-c3ccc4ccccc4c3)ccc2-c2ccc(N(c3cccc(-c4cccc(-c5cccc6c5oc5ccccc56)c4)c3)c3ccc4c(c3)C(C)(C)c3cc(-c5ccc6ccccc6c5)ccc3-4)cc21.c1ccc(-c2cccc(-c3ccc(N(c4cccc(-c5cccc(-c6cccc7c6oc6ccccc67)c5)c4)c4cccc5ccccc45)cc3)c2)cc1. The maximum atomic E-state index is 6.54. The number of hydrogen-bond donors (Lipinski definition) is 0. The highest BCUT2D eigenvalue weighted by Crippen LogP contribution is 2.56. The molecular weight excluding hydrogens is 1570 g/mol. The lowest BCUT2D eigenvalue weighted by molar-refractivity contribution is 0.660. The Morgan fingerprint density at radius 2 is 0.477 bits per heavy atom. The van der Waals surface area contributed by atoms with Crippen LogP contribution in [0.15, 0.2) is 470 Å². The molecule has 0 saturated heterocycles. The molecule has 2 heterocycles. The lowest BCUT2D eigenvalue weighted by Crippen LogP contribution is -2.18. The minimum absolute atomic E-state index is 0.242. The van der Waals surface area contributed by atoms with Crippen molar-refractivity contribution >= 4 is 110 Å². The quantitative estimate of drug-likeness (QED) is 0.109. The molecule has 0 unspecified atom stereocenters. The summed E-state index contributed by atoms with van der Waals surface area (Å²) in [5.41, 5.74) is 39.2. The molecule has 0 radical (unpaired) electrons. The van der Waals surface area contributed by atoms with Crippen LogP contribution in [0.4, 0.5) is 34.1 Å². The normalized spacial score (nSPS) is 12.7. The Morgan fingerprint density at radius 3 is 0.985 bits per heavy atom. The Kier molecular flexibility index (Phi) is 18.6. The van der Waals surface area contributed by atoms with Crippen molar-refractivity contribution in [2.75, 3.05) is 9.80 Å². The average molecular weight is 1660 g/mol. The smallest absolute Gasteiger partial charge is 0.143 e. The van der Waals surface area contributed by atoms with Crippen LogP contribution in [-0.4, -0.2) is 0 Å². The topological polar surface area (TPSA) is 32.8 Å². The summed E-state index contributed by atoms with van der Waals surface area (Å²) in [6.45, 7) is 9.60. The van der Waals surface area contributed by atoms with E-state index in [9.17, 15) is 0 Å². The van der Waals surface area contributed by atoms with Crippen molar-refractivity contribution in [1.29, 1.82) is 0 Å². The predicted molar refractivity (Wildman–Crippen MR) is 548 cm³/mol. The first-order valence-corrected chi connectivity index (χ1v) is 45.0. The molecule has 0 atom stereocenters. The lowest BCUT2D eigenvalue weighted by atomic mass is 9.81. The van der Waals surface area contributed by atoms with Gasteiger partial charge in [0.15, 0.2) is 0 Å². The molecule has 130 heavy (non-hydrogen) atoms. The Bertz CT molecular complexity index is 8250. The zero-order valence-electron chi connectivity index (χ0n) is 72.6. The molecule has 2 aliphatic carbocycles. The molecule has 23 aromatic rings. The molecule has 25 rings (SSSR count). The van der Waals surface area contributed by atoms with Crippen molar-refractivity contribution in [3.05, 3.63) is 483 Å². The van der Waals surface area contributed by atoms with Crippen LogP contribution in [0.3, 0.4) is 0 Å². The third kappa shape index (κ3) is 13.4. The number of furan rings is 2. The van der Waals surface area contributed by atoms with Crippen molar-refractivity contribution in [1.82, 2.24) is 0 Å². The maximum Gasteiger partial charge on any atom is 0.143 e. The summed E-state index contributed by atoms with van der Waals surface area (Å²) >= 11 is 0. The van der Waals surface area contributed by atoms with Crippen LogP contribution in [-0.2, 0) is 10.8 Å². The Morgan fingerprint density at radius 1 is 0.169 bits per heavy atom. The van der Waals surface area contributed by atoms with Crippen LogP contribution < -0.4 is 9.80 Å². The summed E-state index contributed by atoms with van der Waals surface area (Å²) < 4.78 is 13.0. The van der Waals surface area contributed by atoms with Crippen LogP contribution >= 0.6 is 0 Å². The highest BCUT2D eigenvalue weighted by Gasteiger charge is 2.39. The van der Waals surface area contributed by atoms with Gasteiger partial charge in [-0.15, -0.1) is 0 Å². The minimum Gasteiger partial charge on any atom is -0.455 e. The standard InChI is InChI=1S/C74H53NO.C52H35NO/c1-73(2)67-42-54(52-28-26-46-14-5-7-16-48(46)38-52)30-34-61(67)63-36-32-58(44-69(63)73)75(57-21-12-19-51(41-57)50-18-11-20-56(40-50)60-23-13-24-66-65-22-9-10-25-71(65)76-72(60)66)59-33-37-64-62-35-31-55(43-68(62)74(3,4)70(64)45-59)53-29-27-47-15-6-8-17-49(47)39-53;1-2-13-36(14-3-1)39-17-8-18-40(33-39)37-29-31-44(32-30-37)53(50-27-11-16-38-15-4-5-23-46(38)50)45-22-10-20-42(35-45)41-19-9-21-43(34-41)47-25-12-26-49-48-24-6-7-28-51(48)54-52(47)49/h5-45H,1-4H3;1-35H. The van der Waals surface area contributed by atoms with E-state index in [4.69, 9.17) is 8.83 Å². The van der Waals surface area contributed by atoms with E-state index < -0.39 is 0 Å². The first-order valence-electron chi connectivity index (χ1n) is 45.0. The summed E-state index contributed by atoms with van der Waals surface area (Å²) in [4.78, 5) is 4.87. The lowest BCUT2D eigenvalue weighted by Gasteiger charge is -2.30. The van der Waals surface area contributed by atoms with Crippen LogP contribution in [0.2, 0.25) is 0 Å². The molecule has 2 aliphatic rings. The minimum atomic E-state index is -0.242. The average Bonchev–Trinajstić information content (AvgIpc) is 1.56. The van der Waals surface area contributed by atoms with Gasteiger partial charge in [0.2, 0.25) is 0 Å². The molecule has 0 bridgehead atoms. The monoisotopic (exact) mass is 1660 g/mol. The summed E-state index contributed by atoms with van der Waals surface area (Å²) in [5.74, 6) is 0. The summed E-state index contributed by atoms with van der Waals surface area (Å²) in [6.07, 6.45) is 0. The van der Waals surface area contributed by atoms with Gasteiger partial charge in [-0.05, 0) is 271 Å². The van der Waals surface area contributed by atoms with Gasteiger partial charge in [0, 0.05) is 77.3 Å². The largest absolute Gasteiger partial charge is 0.455 e. The Balaban J connectivity index is 0.000000153. The summed E-state index contributed by atoms with van der Waals surface area (Å²) in [6, 6.07) is 168. The van der Waals surface area contributed by atoms with Gasteiger partial charge in [-0.25, -0.2) is 0 Å². The van der Waals surface area contributed by atoms with Gasteiger partial charge in [0.25, 0.3) is 0 Å². The van der Waals surface area contributed by atoms with Crippen LogP contribution in [0.5, 0.6) is 0 Å². The number of rotatable bonds is 14. The van der Waals surface area contributed by atoms with E-state index in [1.165, 1.54) is 121 Å². The van der Waals surface area contributed by atoms with E-state index in [0.717, 1.165) is 123 Å². The molecule has 0 aliphatic heterocycles. The van der Waals surface area contributed by atoms with Crippen molar-refractivity contribution in [3.63, 3.8) is 0 Å². The third-order valence-corrected chi connectivity index (χ3v) is 27.5. The molecule has 2 aromatic heterocycles. The number of benzene rings is 21. The number of para-hydroxylation sites is 4. The molecule has 0 fully saturated rings. The predicted octanol–water partition coefficient (Wildman–Crippen LogP) is 35.5. The molecule has 0 N–H and O–H groups in total. The third-order valence-electron chi connectivity index (χ3n) is 27.5. The fraction of sp³-hybridized carbons (Fsp3) is 0.0476. The molecule has 4 nitrogen and oxygen atoms in total. The van der Waals surface area contributed by atoms with Crippen LogP contribution in [0.1, 0.15) is 49.9 Å². The van der Waals surface area contributed by atoms with Gasteiger partial charge >= 0.3 is 0 Å². The number of hydrogen-bond acceptors (Lipinski definition) is 4. The van der Waals surface area contributed by atoms with Gasteiger partial charge in [-0.2, -0.15) is 0 Å². The van der Waals surface area contributed by atoms with Gasteiger partial charge < -0.3 is 18.6 Å². The zero-order chi connectivity index (χ0) is 86.7. The molecule has 0 saturated carbocycles. The van der Waals surface area contributed by atoms with Crippen molar-refractivity contribution in [3.8, 4) is 111 Å². The second kappa shape index (κ2) is 31.3. The summed E-state index contributed by atoms with van der Waals surface area (Å²) in [7, 11) is 0. The van der Waals surface area contributed by atoms with E-state index in [0.29, 0.717) is 0 Å². The maximum absolute atomic E-state index is 6.54. The summed E-state index contributed by atoms with van der Waals surface area (Å²) in [5, 5.41) is 12.0. The highest BCUT2D eigenvalue weighted by atomic mass is 16.3. The highest BCUT2D eigenvalue weighted by molar-refractivity contribution is 6.12. The van der Waals surface area contributed by atoms with E-state index >= 15 is 0 Å². The van der Waals surface area contributed by atoms with E-state index in [2.05, 4.69) is 480 Å². The van der Waals surface area contributed by atoms with E-state index in [1.54, 1.807) is 0 Å². The second-order valence-electron chi connectivity index (χ2n) is 35.8. The number of nitrogens with zero attached hydrogens (tertiary/aromatic N) is 2. The van der Waals surface area contributed by atoms with Gasteiger partial charge in [-0.3, -0.25) is 0 Å². The zero-order valence-corrected chi connectivity index (χ0v) is 72.6. The van der Waals surface area contributed by atoms with E-state index in [1.807, 2.05) is 18.2 Å². The molecule has 0 amide bonds. The van der Waals surface area contributed by atoms with Gasteiger partial charge in [-0.1, -0.05) is 367 Å². The number of anilines is 6. The van der Waals surface area contributed by atoms with E-state index in [-0.39, 0.29) is 10.8 Å². The van der Waals surface area contributed by atoms with Crippen molar-refractivity contribution < 1.29 is 8.83 Å².